The average molecular weight is 182 g/mol. The maximum atomic E-state index is 12.9. The molecule has 66 valence electrons. The Labute approximate surface area is 71.8 Å². The number of carbonyl (C=O) groups excluding carboxylic acids is 1. The van der Waals surface area contributed by atoms with Crippen LogP contribution >= 0.6 is 0 Å². The normalized spacial score (nSPS) is 10.6. The van der Waals surface area contributed by atoms with Gasteiger partial charge in [0.2, 0.25) is 0 Å². The Bertz CT molecular complexity index is 474. The van der Waals surface area contributed by atoms with Crippen LogP contribution in [-0.4, -0.2) is 6.29 Å². The molecule has 4 heteroatoms. The molecule has 0 bridgehead atoms. The van der Waals surface area contributed by atoms with Crippen LogP contribution in [0.4, 0.5) is 8.78 Å². The molecule has 0 saturated carbocycles. The molecule has 13 heavy (non-hydrogen) atoms. The van der Waals surface area contributed by atoms with Crippen LogP contribution < -0.4 is 0 Å². The molecule has 0 aliphatic heterocycles. The number of aldehydes is 1. The zero-order chi connectivity index (χ0) is 9.42. The van der Waals surface area contributed by atoms with Crippen LogP contribution in [0.25, 0.3) is 11.0 Å². The van der Waals surface area contributed by atoms with E-state index in [1.807, 2.05) is 0 Å². The Hall–Kier alpha value is -1.71. The molecule has 0 saturated heterocycles. The van der Waals surface area contributed by atoms with Crippen molar-refractivity contribution in [2.45, 2.75) is 0 Å². The van der Waals surface area contributed by atoms with Gasteiger partial charge in [0.05, 0.1) is 11.8 Å². The molecule has 0 radical (unpaired) electrons. The Balaban J connectivity index is 2.96. The van der Waals surface area contributed by atoms with Gasteiger partial charge in [-0.2, -0.15) is 0 Å². The summed E-state index contributed by atoms with van der Waals surface area (Å²) in [7, 11) is 0. The SMILES string of the molecule is O=Cc1c(F)cc(F)c2occc12. The average Bonchev–Trinajstić information content (AvgIpc) is 2.53. The van der Waals surface area contributed by atoms with Gasteiger partial charge in [0.25, 0.3) is 0 Å². The topological polar surface area (TPSA) is 30.2 Å². The fourth-order valence-electron chi connectivity index (χ4n) is 1.21. The molecule has 1 heterocycles. The van der Waals surface area contributed by atoms with Gasteiger partial charge in [0.15, 0.2) is 17.7 Å². The van der Waals surface area contributed by atoms with Crippen LogP contribution in [-0.2, 0) is 0 Å². The zero-order valence-corrected chi connectivity index (χ0v) is 6.38. The first-order valence-electron chi connectivity index (χ1n) is 3.54. The molecule has 0 N–H and O–H groups in total. The Morgan fingerprint density at radius 3 is 2.77 bits per heavy atom. The molecule has 2 nitrogen and oxygen atoms in total. The molecule has 0 fully saturated rings. The third kappa shape index (κ3) is 1.02. The molecule has 2 aromatic rings. The van der Waals surface area contributed by atoms with E-state index in [2.05, 4.69) is 0 Å². The monoisotopic (exact) mass is 182 g/mol. The van der Waals surface area contributed by atoms with Gasteiger partial charge in [-0.25, -0.2) is 8.78 Å². The lowest BCUT2D eigenvalue weighted by Gasteiger charge is -1.96. The summed E-state index contributed by atoms with van der Waals surface area (Å²) in [6.07, 6.45) is 1.55. The van der Waals surface area contributed by atoms with Crippen molar-refractivity contribution in [3.63, 3.8) is 0 Å². The van der Waals surface area contributed by atoms with Crippen molar-refractivity contribution in [3.05, 3.63) is 35.6 Å². The molecular weight excluding hydrogens is 178 g/mol. The highest BCUT2D eigenvalue weighted by molar-refractivity contribution is 5.96. The molecule has 2 rings (SSSR count). The molecule has 0 atom stereocenters. The van der Waals surface area contributed by atoms with Crippen molar-refractivity contribution in [2.24, 2.45) is 0 Å². The molecule has 0 spiro atoms. The lowest BCUT2D eigenvalue weighted by Crippen LogP contribution is -1.90. The summed E-state index contributed by atoms with van der Waals surface area (Å²) < 4.78 is 30.6. The van der Waals surface area contributed by atoms with Crippen molar-refractivity contribution in [1.29, 1.82) is 0 Å². The Kier molecular flexibility index (Phi) is 1.62. The number of rotatable bonds is 1. The van der Waals surface area contributed by atoms with Crippen molar-refractivity contribution < 1.29 is 18.0 Å². The number of furan rings is 1. The molecule has 0 aliphatic rings. The fraction of sp³-hybridized carbons (Fsp3) is 0. The van der Waals surface area contributed by atoms with E-state index in [0.717, 1.165) is 0 Å². The third-order valence-electron chi connectivity index (χ3n) is 1.80. The summed E-state index contributed by atoms with van der Waals surface area (Å²) >= 11 is 0. The van der Waals surface area contributed by atoms with E-state index in [4.69, 9.17) is 4.42 Å². The van der Waals surface area contributed by atoms with Gasteiger partial charge in [0.1, 0.15) is 5.82 Å². The van der Waals surface area contributed by atoms with E-state index in [-0.39, 0.29) is 16.5 Å². The van der Waals surface area contributed by atoms with Crippen molar-refractivity contribution >= 4 is 17.3 Å². The minimum Gasteiger partial charge on any atom is -0.461 e. The lowest BCUT2D eigenvalue weighted by molar-refractivity contribution is 0.112. The molecule has 1 aromatic heterocycles. The summed E-state index contributed by atoms with van der Waals surface area (Å²) in [5.41, 5.74) is -0.270. The van der Waals surface area contributed by atoms with Crippen LogP contribution in [0.5, 0.6) is 0 Å². The first kappa shape index (κ1) is 7.91. The van der Waals surface area contributed by atoms with Crippen LogP contribution in [0.3, 0.4) is 0 Å². The second-order valence-corrected chi connectivity index (χ2v) is 2.54. The molecule has 0 amide bonds. The van der Waals surface area contributed by atoms with E-state index < -0.39 is 11.6 Å². The maximum Gasteiger partial charge on any atom is 0.170 e. The smallest absolute Gasteiger partial charge is 0.170 e. The highest BCUT2D eigenvalue weighted by Gasteiger charge is 2.13. The number of hydrogen-bond donors (Lipinski definition) is 0. The van der Waals surface area contributed by atoms with Crippen molar-refractivity contribution in [1.82, 2.24) is 0 Å². The van der Waals surface area contributed by atoms with Crippen LogP contribution in [0.2, 0.25) is 0 Å². The third-order valence-corrected chi connectivity index (χ3v) is 1.80. The quantitative estimate of drug-likeness (QED) is 0.634. The number of hydrogen-bond acceptors (Lipinski definition) is 2. The van der Waals surface area contributed by atoms with Crippen LogP contribution in [0.1, 0.15) is 10.4 Å². The van der Waals surface area contributed by atoms with E-state index in [9.17, 15) is 13.6 Å². The van der Waals surface area contributed by atoms with Crippen LogP contribution in [0, 0.1) is 11.6 Å². The lowest BCUT2D eigenvalue weighted by atomic mass is 10.1. The van der Waals surface area contributed by atoms with E-state index in [0.29, 0.717) is 12.4 Å². The predicted octanol–water partition coefficient (Wildman–Crippen LogP) is 2.52. The summed E-state index contributed by atoms with van der Waals surface area (Å²) in [4.78, 5) is 10.4. The maximum absolute atomic E-state index is 12.9. The number of benzene rings is 1. The van der Waals surface area contributed by atoms with Crippen molar-refractivity contribution in [3.8, 4) is 0 Å². The highest BCUT2D eigenvalue weighted by Crippen LogP contribution is 2.24. The van der Waals surface area contributed by atoms with Gasteiger partial charge < -0.3 is 4.42 Å². The minimum atomic E-state index is -0.874. The zero-order valence-electron chi connectivity index (χ0n) is 6.38. The van der Waals surface area contributed by atoms with E-state index >= 15 is 0 Å². The van der Waals surface area contributed by atoms with E-state index in [1.54, 1.807) is 0 Å². The Morgan fingerprint density at radius 1 is 1.31 bits per heavy atom. The first-order chi connectivity index (χ1) is 6.24. The van der Waals surface area contributed by atoms with Gasteiger partial charge >= 0.3 is 0 Å². The second-order valence-electron chi connectivity index (χ2n) is 2.54. The van der Waals surface area contributed by atoms with Gasteiger partial charge in [-0.15, -0.1) is 0 Å². The standard InChI is InChI=1S/C9H4F2O2/c10-7-3-8(11)9-5(1-2-13-9)6(7)4-12/h1-4H. The number of halogens is 2. The van der Waals surface area contributed by atoms with E-state index in [1.165, 1.54) is 12.3 Å². The molecule has 1 aromatic carbocycles. The summed E-state index contributed by atoms with van der Waals surface area (Å²) in [6, 6.07) is 1.99. The number of carbonyl (C=O) groups is 1. The van der Waals surface area contributed by atoms with Crippen LogP contribution in [0.15, 0.2) is 22.8 Å². The molecule has 0 aliphatic carbocycles. The fourth-order valence-corrected chi connectivity index (χ4v) is 1.21. The second kappa shape index (κ2) is 2.65. The number of fused-ring (bicyclic) bond motifs is 1. The van der Waals surface area contributed by atoms with Gasteiger partial charge in [-0.3, -0.25) is 4.79 Å². The molecule has 0 unspecified atom stereocenters. The van der Waals surface area contributed by atoms with Gasteiger partial charge in [-0.1, -0.05) is 0 Å². The van der Waals surface area contributed by atoms with Crippen molar-refractivity contribution in [2.75, 3.05) is 0 Å². The summed E-state index contributed by atoms with van der Waals surface area (Å²) in [6.45, 7) is 0. The predicted molar refractivity (Wildman–Crippen MR) is 41.5 cm³/mol. The van der Waals surface area contributed by atoms with Gasteiger partial charge in [-0.05, 0) is 6.07 Å². The first-order valence-corrected chi connectivity index (χ1v) is 3.54. The Morgan fingerprint density at radius 2 is 2.08 bits per heavy atom. The summed E-state index contributed by atoms with van der Waals surface area (Å²) in [5, 5.41) is 0.160. The largest absolute Gasteiger partial charge is 0.461 e. The minimum absolute atomic E-state index is 0.0940. The van der Waals surface area contributed by atoms with Gasteiger partial charge in [0, 0.05) is 11.5 Å². The molecular formula is C9H4F2O2. The summed E-state index contributed by atoms with van der Waals surface area (Å²) in [5.74, 6) is -1.68. The highest BCUT2D eigenvalue weighted by atomic mass is 19.1.